The van der Waals surface area contributed by atoms with Crippen molar-refractivity contribution in [2.75, 3.05) is 13.2 Å². The molecule has 2 amide bonds. The number of aliphatic carboxylic acids is 1. The van der Waals surface area contributed by atoms with Gasteiger partial charge in [0.15, 0.2) is 0 Å². The average Bonchev–Trinajstić information content (AvgIpc) is 3.56. The molecule has 0 spiro atoms. The van der Waals surface area contributed by atoms with Crippen molar-refractivity contribution in [3.05, 3.63) is 23.9 Å². The number of aryl methyl sites for hydroxylation is 1. The van der Waals surface area contributed by atoms with E-state index >= 15 is 0 Å². The van der Waals surface area contributed by atoms with Crippen LogP contribution in [-0.2, 0) is 20.7 Å². The largest absolute Gasteiger partial charge is 0.494 e. The Kier molecular flexibility index (Phi) is 8.99. The van der Waals surface area contributed by atoms with Crippen molar-refractivity contribution < 1.29 is 33.7 Å². The van der Waals surface area contributed by atoms with Crippen molar-refractivity contribution in [2.24, 2.45) is 17.3 Å². The van der Waals surface area contributed by atoms with Gasteiger partial charge in [-0.3, -0.25) is 4.79 Å². The molecule has 2 fully saturated rings. The number of nitrogens with zero attached hydrogens (tertiary/aromatic N) is 3. The molecular formula is C32H44N4O7. The van der Waals surface area contributed by atoms with Gasteiger partial charge in [0, 0.05) is 12.0 Å². The second-order valence-electron chi connectivity index (χ2n) is 13.0. The minimum absolute atomic E-state index is 0.0421. The van der Waals surface area contributed by atoms with E-state index in [0.717, 1.165) is 43.3 Å². The predicted octanol–water partition coefficient (Wildman–Crippen LogP) is 4.74. The Morgan fingerprint density at radius 2 is 1.88 bits per heavy atom. The molecule has 1 saturated heterocycles. The highest BCUT2D eigenvalue weighted by Gasteiger charge is 2.51. The average molecular weight is 597 g/mol. The lowest BCUT2D eigenvalue weighted by Crippen LogP contribution is -2.57. The van der Waals surface area contributed by atoms with Crippen LogP contribution < -0.4 is 14.8 Å². The molecule has 43 heavy (non-hydrogen) atoms. The van der Waals surface area contributed by atoms with E-state index in [1.165, 1.54) is 4.90 Å². The predicted molar refractivity (Wildman–Crippen MR) is 159 cm³/mol. The molecule has 11 heteroatoms. The minimum atomic E-state index is -1.12. The summed E-state index contributed by atoms with van der Waals surface area (Å²) in [4.78, 5) is 50.7. The van der Waals surface area contributed by atoms with Crippen molar-refractivity contribution in [2.45, 2.75) is 104 Å². The third kappa shape index (κ3) is 6.80. The maximum absolute atomic E-state index is 14.1. The highest BCUT2D eigenvalue weighted by Crippen LogP contribution is 2.39. The molecule has 2 aromatic rings. The summed E-state index contributed by atoms with van der Waals surface area (Å²) in [7, 11) is 0. The smallest absolute Gasteiger partial charge is 0.408 e. The third-order valence-electron chi connectivity index (χ3n) is 8.83. The molecular weight excluding hydrogens is 552 g/mol. The number of amides is 2. The van der Waals surface area contributed by atoms with Gasteiger partial charge in [0.2, 0.25) is 11.8 Å². The van der Waals surface area contributed by atoms with Crippen molar-refractivity contribution >= 4 is 29.0 Å². The third-order valence-corrected chi connectivity index (χ3v) is 8.83. The van der Waals surface area contributed by atoms with Crippen molar-refractivity contribution in [1.82, 2.24) is 20.2 Å². The van der Waals surface area contributed by atoms with Crippen LogP contribution in [0.15, 0.2) is 18.2 Å². The number of fused-ring (bicyclic) bond motifs is 5. The number of rotatable bonds is 4. The molecule has 2 bridgehead atoms. The molecule has 1 aromatic heterocycles. The van der Waals surface area contributed by atoms with E-state index in [9.17, 15) is 19.5 Å². The molecule has 1 aromatic carbocycles. The number of ether oxygens (including phenoxy) is 3. The first-order chi connectivity index (χ1) is 20.5. The lowest BCUT2D eigenvalue weighted by molar-refractivity contribution is -0.151. The van der Waals surface area contributed by atoms with E-state index in [2.05, 4.69) is 5.32 Å². The molecule has 5 rings (SSSR count). The van der Waals surface area contributed by atoms with Gasteiger partial charge in [-0.2, -0.15) is 0 Å². The number of nitrogens with one attached hydrogen (secondary N) is 1. The number of benzene rings is 1. The maximum atomic E-state index is 14.1. The summed E-state index contributed by atoms with van der Waals surface area (Å²) < 4.78 is 17.9. The molecule has 3 aliphatic rings. The Morgan fingerprint density at radius 3 is 2.58 bits per heavy atom. The number of hydrogen-bond acceptors (Lipinski definition) is 8. The van der Waals surface area contributed by atoms with Gasteiger partial charge in [-0.25, -0.2) is 19.6 Å². The zero-order valence-electron chi connectivity index (χ0n) is 25.8. The number of carbonyl (C=O) groups is 3. The molecule has 6 atom stereocenters. The molecule has 1 aliphatic carbocycles. The Bertz CT molecular complexity index is 1360. The summed E-state index contributed by atoms with van der Waals surface area (Å²) >= 11 is 0. The molecule has 2 N–H and O–H groups in total. The first kappa shape index (κ1) is 30.8. The van der Waals surface area contributed by atoms with E-state index in [1.807, 2.05) is 52.8 Å². The topological polar surface area (TPSA) is 140 Å². The van der Waals surface area contributed by atoms with Gasteiger partial charge in [-0.15, -0.1) is 0 Å². The van der Waals surface area contributed by atoms with Crippen molar-refractivity contribution in [1.29, 1.82) is 0 Å². The summed E-state index contributed by atoms with van der Waals surface area (Å²) in [6.45, 7) is 9.89. The molecule has 0 radical (unpaired) electrons. The van der Waals surface area contributed by atoms with Gasteiger partial charge in [-0.05, 0) is 62.5 Å². The van der Waals surface area contributed by atoms with Crippen LogP contribution in [0.2, 0.25) is 0 Å². The quantitative estimate of drug-likeness (QED) is 0.512. The number of alkyl carbamates (subject to hydrolysis) is 1. The van der Waals surface area contributed by atoms with Crippen LogP contribution in [0.5, 0.6) is 11.6 Å². The van der Waals surface area contributed by atoms with E-state index in [0.29, 0.717) is 42.5 Å². The van der Waals surface area contributed by atoms with Gasteiger partial charge in [0.05, 0.1) is 24.2 Å². The maximum Gasteiger partial charge on any atom is 0.408 e. The zero-order chi connectivity index (χ0) is 30.9. The summed E-state index contributed by atoms with van der Waals surface area (Å²) in [5.41, 5.74) is 1.37. The molecule has 11 nitrogen and oxygen atoms in total. The fraction of sp³-hybridized carbons (Fsp3) is 0.656. The molecule has 0 unspecified atom stereocenters. The molecule has 3 heterocycles. The van der Waals surface area contributed by atoms with E-state index in [-0.39, 0.29) is 12.6 Å². The summed E-state index contributed by atoms with van der Waals surface area (Å²) in [5.74, 6) is -0.727. The van der Waals surface area contributed by atoms with Crippen LogP contribution in [0.3, 0.4) is 0 Å². The number of aromatic nitrogens is 2. The SMILES string of the molecule is CCOc1ccc2nc3c(nc2c1)O[C@H]1CN(C(=O)[C@H](C(C)(C)C)NC(=O)O[C@@H]2C[C@H]2CCCCC3)[C@H](C(=O)O)[C@@H]1CC. The van der Waals surface area contributed by atoms with Gasteiger partial charge in [0.25, 0.3) is 0 Å². The normalized spacial score (nSPS) is 28.4. The van der Waals surface area contributed by atoms with Crippen LogP contribution >= 0.6 is 0 Å². The fourth-order valence-corrected chi connectivity index (χ4v) is 6.39. The first-order valence-electron chi connectivity index (χ1n) is 15.6. The van der Waals surface area contributed by atoms with E-state index in [1.54, 1.807) is 0 Å². The second-order valence-corrected chi connectivity index (χ2v) is 13.0. The summed E-state index contributed by atoms with van der Waals surface area (Å²) in [5, 5.41) is 13.1. The monoisotopic (exact) mass is 596 g/mol. The summed E-state index contributed by atoms with van der Waals surface area (Å²) in [6.07, 6.45) is 4.32. The van der Waals surface area contributed by atoms with Crippen LogP contribution in [0, 0.1) is 17.3 Å². The second kappa shape index (κ2) is 12.5. The molecule has 234 valence electrons. The zero-order valence-corrected chi connectivity index (χ0v) is 25.8. The van der Waals surface area contributed by atoms with Crippen molar-refractivity contribution in [3.63, 3.8) is 0 Å². The molecule has 1 saturated carbocycles. The number of hydrogen-bond donors (Lipinski definition) is 2. The first-order valence-corrected chi connectivity index (χ1v) is 15.6. The fourth-order valence-electron chi connectivity index (χ4n) is 6.39. The van der Waals surface area contributed by atoms with Crippen LogP contribution in [-0.4, -0.2) is 75.4 Å². The Labute approximate surface area is 252 Å². The molecule has 2 aliphatic heterocycles. The minimum Gasteiger partial charge on any atom is -0.494 e. The number of carboxylic acid groups (broad SMARTS) is 1. The van der Waals surface area contributed by atoms with Gasteiger partial charge in [-0.1, -0.05) is 40.5 Å². The van der Waals surface area contributed by atoms with Crippen LogP contribution in [0.4, 0.5) is 4.79 Å². The van der Waals surface area contributed by atoms with Crippen molar-refractivity contribution in [3.8, 4) is 11.6 Å². The van der Waals surface area contributed by atoms with E-state index in [4.69, 9.17) is 24.2 Å². The Balaban J connectivity index is 1.53. The standard InChI is InChI=1S/C32H44N4O7/c1-6-20-25-17-36(26(20)30(38)39)29(37)27(32(3,4)5)35-31(40)43-24-15-18(24)11-9-8-10-12-22-28(42-25)34-23-16-19(41-7-2)13-14-21(23)33-22/h13-14,16,18,20,24-27H,6-12,15,17H2,1-5H3,(H,35,40)(H,38,39)/t18-,20-,24-,25+,26+,27-/m1/s1. The lowest BCUT2D eigenvalue weighted by atomic mass is 9.85. The number of carbonyl (C=O) groups excluding carboxylic acids is 2. The van der Waals surface area contributed by atoms with Gasteiger partial charge in [0.1, 0.15) is 35.7 Å². The van der Waals surface area contributed by atoms with Gasteiger partial charge >= 0.3 is 12.1 Å². The van der Waals surface area contributed by atoms with Crippen LogP contribution in [0.1, 0.15) is 78.8 Å². The Morgan fingerprint density at radius 1 is 1.09 bits per heavy atom. The highest BCUT2D eigenvalue weighted by atomic mass is 16.6. The van der Waals surface area contributed by atoms with Crippen LogP contribution in [0.25, 0.3) is 11.0 Å². The highest BCUT2D eigenvalue weighted by molar-refractivity contribution is 5.90. The summed E-state index contributed by atoms with van der Waals surface area (Å²) in [6, 6.07) is 3.48. The van der Waals surface area contributed by atoms with Gasteiger partial charge < -0.3 is 29.5 Å². The van der Waals surface area contributed by atoms with E-state index < -0.39 is 47.5 Å². The lowest BCUT2D eigenvalue weighted by Gasteiger charge is -2.34. The Hall–Kier alpha value is -3.63. The number of carboxylic acids is 1.